The molecule has 0 aromatic heterocycles. The summed E-state index contributed by atoms with van der Waals surface area (Å²) in [6, 6.07) is 10.7. The van der Waals surface area contributed by atoms with Gasteiger partial charge in [0.05, 0.1) is 11.6 Å². The van der Waals surface area contributed by atoms with Crippen molar-refractivity contribution in [3.8, 4) is 0 Å². The summed E-state index contributed by atoms with van der Waals surface area (Å²) in [4.78, 5) is 13.4. The van der Waals surface area contributed by atoms with Crippen LogP contribution in [0.3, 0.4) is 0 Å². The van der Waals surface area contributed by atoms with Crippen molar-refractivity contribution < 1.29 is 18.0 Å². The van der Waals surface area contributed by atoms with Crippen molar-refractivity contribution in [2.75, 3.05) is 4.90 Å². The van der Waals surface area contributed by atoms with Gasteiger partial charge in [-0.2, -0.15) is 13.2 Å². The van der Waals surface area contributed by atoms with E-state index in [0.29, 0.717) is 0 Å². The highest BCUT2D eigenvalue weighted by Crippen LogP contribution is 2.40. The van der Waals surface area contributed by atoms with Crippen LogP contribution < -0.4 is 10.6 Å². The fourth-order valence-electron chi connectivity index (χ4n) is 2.65. The Bertz CT molecular complexity index is 746. The minimum atomic E-state index is -4.46. The molecule has 0 radical (unpaired) electrons. The molecule has 1 fully saturated rings. The summed E-state index contributed by atoms with van der Waals surface area (Å²) in [7, 11) is 0. The average Bonchev–Trinajstić information content (AvgIpc) is 2.52. The Hall–Kier alpha value is -1.86. The predicted molar refractivity (Wildman–Crippen MR) is 83.8 cm³/mol. The van der Waals surface area contributed by atoms with Gasteiger partial charge in [0, 0.05) is 10.2 Å². The quantitative estimate of drug-likeness (QED) is 0.798. The van der Waals surface area contributed by atoms with E-state index in [1.54, 1.807) is 24.3 Å². The number of nitrogens with two attached hydrogens (primary N) is 1. The molecule has 2 aromatic carbocycles. The summed E-state index contributed by atoms with van der Waals surface area (Å²) in [5.41, 5.74) is 6.04. The Morgan fingerprint density at radius 3 is 2.35 bits per heavy atom. The normalized spacial score (nSPS) is 21.3. The van der Waals surface area contributed by atoms with E-state index in [1.165, 1.54) is 17.0 Å². The summed E-state index contributed by atoms with van der Waals surface area (Å²) in [6.07, 6.45) is -4.46. The third-order valence-corrected chi connectivity index (χ3v) is 4.33. The number of halogens is 4. The van der Waals surface area contributed by atoms with Crippen molar-refractivity contribution >= 4 is 27.5 Å². The molecule has 1 heterocycles. The lowest BCUT2D eigenvalue weighted by molar-refractivity contribution is -0.137. The molecule has 0 spiro atoms. The van der Waals surface area contributed by atoms with Crippen LogP contribution in [0.15, 0.2) is 53.0 Å². The van der Waals surface area contributed by atoms with E-state index in [1.807, 2.05) is 0 Å². The first-order chi connectivity index (χ1) is 10.8. The number of rotatable bonds is 2. The second-order valence-electron chi connectivity index (χ2n) is 5.28. The molecule has 2 N–H and O–H groups in total. The lowest BCUT2D eigenvalue weighted by Crippen LogP contribution is -2.63. The summed E-state index contributed by atoms with van der Waals surface area (Å²) >= 11 is 3.32. The van der Waals surface area contributed by atoms with Crippen molar-refractivity contribution in [1.29, 1.82) is 0 Å². The zero-order chi connectivity index (χ0) is 16.8. The van der Waals surface area contributed by atoms with E-state index in [9.17, 15) is 18.0 Å². The molecule has 2 atom stereocenters. The van der Waals surface area contributed by atoms with Crippen LogP contribution in [0.2, 0.25) is 0 Å². The predicted octanol–water partition coefficient (Wildman–Crippen LogP) is 3.88. The molecule has 120 valence electrons. The Labute approximate surface area is 139 Å². The average molecular weight is 385 g/mol. The van der Waals surface area contributed by atoms with E-state index >= 15 is 0 Å². The van der Waals surface area contributed by atoms with Gasteiger partial charge >= 0.3 is 6.18 Å². The largest absolute Gasteiger partial charge is 0.416 e. The topological polar surface area (TPSA) is 46.3 Å². The van der Waals surface area contributed by atoms with Crippen LogP contribution in [0.25, 0.3) is 0 Å². The number of anilines is 1. The molecule has 1 aliphatic rings. The maximum Gasteiger partial charge on any atom is 0.416 e. The first-order valence-electron chi connectivity index (χ1n) is 6.80. The van der Waals surface area contributed by atoms with Gasteiger partial charge in [-0.05, 0) is 35.9 Å². The molecule has 2 aromatic rings. The monoisotopic (exact) mass is 384 g/mol. The van der Waals surface area contributed by atoms with E-state index in [4.69, 9.17) is 5.73 Å². The zero-order valence-electron chi connectivity index (χ0n) is 11.7. The SMILES string of the molecule is NC1C(=O)N(c2cccc(C(F)(F)F)c2)C1c1ccc(Br)cc1. The number of benzene rings is 2. The van der Waals surface area contributed by atoms with Crippen molar-refractivity contribution in [2.24, 2.45) is 5.73 Å². The highest BCUT2D eigenvalue weighted by molar-refractivity contribution is 9.10. The molecule has 1 aliphatic heterocycles. The van der Waals surface area contributed by atoms with Gasteiger partial charge in [-0.3, -0.25) is 4.79 Å². The van der Waals surface area contributed by atoms with E-state index in [-0.39, 0.29) is 5.69 Å². The van der Waals surface area contributed by atoms with Crippen LogP contribution in [-0.2, 0) is 11.0 Å². The number of carbonyl (C=O) groups excluding carboxylic acids is 1. The lowest BCUT2D eigenvalue weighted by Gasteiger charge is -2.45. The molecule has 0 saturated carbocycles. The van der Waals surface area contributed by atoms with Crippen molar-refractivity contribution in [3.63, 3.8) is 0 Å². The number of alkyl halides is 3. The fraction of sp³-hybridized carbons (Fsp3) is 0.188. The highest BCUT2D eigenvalue weighted by Gasteiger charge is 2.47. The summed E-state index contributed by atoms with van der Waals surface area (Å²) in [6.45, 7) is 0. The smallest absolute Gasteiger partial charge is 0.318 e. The molecule has 3 nitrogen and oxygen atoms in total. The Kier molecular flexibility index (Phi) is 3.93. The number of hydrogen-bond acceptors (Lipinski definition) is 2. The maximum atomic E-state index is 12.9. The molecule has 3 rings (SSSR count). The van der Waals surface area contributed by atoms with Gasteiger partial charge in [0.25, 0.3) is 0 Å². The van der Waals surface area contributed by atoms with Crippen LogP contribution in [0.1, 0.15) is 17.2 Å². The number of β-lactam (4-membered cyclic amide) rings is 1. The third-order valence-electron chi connectivity index (χ3n) is 3.80. The fourth-order valence-corrected chi connectivity index (χ4v) is 2.91. The van der Waals surface area contributed by atoms with Gasteiger partial charge in [-0.1, -0.05) is 34.1 Å². The summed E-state index contributed by atoms with van der Waals surface area (Å²) in [5.74, 6) is -0.391. The van der Waals surface area contributed by atoms with Crippen molar-refractivity contribution in [3.05, 3.63) is 64.1 Å². The second kappa shape index (κ2) is 5.65. The van der Waals surface area contributed by atoms with Gasteiger partial charge in [-0.25, -0.2) is 0 Å². The minimum absolute atomic E-state index is 0.194. The third kappa shape index (κ3) is 2.86. The molecule has 0 bridgehead atoms. The number of hydrogen-bond donors (Lipinski definition) is 1. The summed E-state index contributed by atoms with van der Waals surface area (Å²) in [5, 5.41) is 0. The van der Waals surface area contributed by atoms with Crippen LogP contribution >= 0.6 is 15.9 Å². The van der Waals surface area contributed by atoms with Crippen molar-refractivity contribution in [1.82, 2.24) is 0 Å². The van der Waals surface area contributed by atoms with Crippen LogP contribution in [0.5, 0.6) is 0 Å². The van der Waals surface area contributed by atoms with Crippen LogP contribution in [0.4, 0.5) is 18.9 Å². The standard InChI is InChI=1S/C16H12BrF3N2O/c17-11-6-4-9(5-7-11)14-13(21)15(23)22(14)12-3-1-2-10(8-12)16(18,19)20/h1-8,13-14H,21H2. The van der Waals surface area contributed by atoms with Gasteiger partial charge < -0.3 is 10.6 Å². The van der Waals surface area contributed by atoms with Gasteiger partial charge in [-0.15, -0.1) is 0 Å². The first-order valence-corrected chi connectivity index (χ1v) is 7.60. The van der Waals surface area contributed by atoms with Crippen LogP contribution in [0, 0.1) is 0 Å². The van der Waals surface area contributed by atoms with Gasteiger partial charge in [0.1, 0.15) is 6.04 Å². The van der Waals surface area contributed by atoms with Crippen molar-refractivity contribution in [2.45, 2.75) is 18.3 Å². The first kappa shape index (κ1) is 16.0. The van der Waals surface area contributed by atoms with Gasteiger partial charge in [0.15, 0.2) is 0 Å². The van der Waals surface area contributed by atoms with E-state index in [0.717, 1.165) is 22.2 Å². The van der Waals surface area contributed by atoms with Crippen LogP contribution in [-0.4, -0.2) is 11.9 Å². The van der Waals surface area contributed by atoms with E-state index in [2.05, 4.69) is 15.9 Å². The minimum Gasteiger partial charge on any atom is -0.318 e. The zero-order valence-corrected chi connectivity index (χ0v) is 13.3. The maximum absolute atomic E-state index is 12.9. The molecule has 23 heavy (non-hydrogen) atoms. The Balaban J connectivity index is 1.98. The highest BCUT2D eigenvalue weighted by atomic mass is 79.9. The molecule has 1 saturated heterocycles. The Morgan fingerprint density at radius 2 is 1.74 bits per heavy atom. The molecular weight excluding hydrogens is 373 g/mol. The number of nitrogens with zero attached hydrogens (tertiary/aromatic N) is 1. The lowest BCUT2D eigenvalue weighted by atomic mass is 9.88. The Morgan fingerprint density at radius 1 is 1.09 bits per heavy atom. The number of amides is 1. The number of carbonyl (C=O) groups is 1. The molecule has 2 unspecified atom stereocenters. The molecule has 7 heteroatoms. The molecule has 1 amide bonds. The summed E-state index contributed by atoms with van der Waals surface area (Å²) < 4.78 is 39.4. The molecular formula is C16H12BrF3N2O. The van der Waals surface area contributed by atoms with E-state index < -0.39 is 29.7 Å². The second-order valence-corrected chi connectivity index (χ2v) is 6.19. The molecule has 0 aliphatic carbocycles. The van der Waals surface area contributed by atoms with Gasteiger partial charge in [0.2, 0.25) is 5.91 Å².